The van der Waals surface area contributed by atoms with Crippen LogP contribution in [0.4, 0.5) is 0 Å². The lowest BCUT2D eigenvalue weighted by Gasteiger charge is -2.18. The van der Waals surface area contributed by atoms with Crippen molar-refractivity contribution < 1.29 is 19.3 Å². The fourth-order valence-corrected chi connectivity index (χ4v) is 1.83. The number of terminal acetylenes is 1. The zero-order chi connectivity index (χ0) is 17.2. The van der Waals surface area contributed by atoms with Crippen molar-refractivity contribution in [1.29, 1.82) is 0 Å². The van der Waals surface area contributed by atoms with Crippen molar-refractivity contribution in [1.82, 2.24) is 5.32 Å². The van der Waals surface area contributed by atoms with Crippen LogP contribution in [0.1, 0.15) is 0 Å². The molecule has 0 amide bonds. The Morgan fingerprint density at radius 2 is 1.67 bits per heavy atom. The van der Waals surface area contributed by atoms with Crippen molar-refractivity contribution >= 4 is 0 Å². The number of para-hydroxylation sites is 1. The number of hydrogen-bond donors (Lipinski definition) is 3. The predicted molar refractivity (Wildman–Crippen MR) is 90.4 cm³/mol. The molecule has 0 aromatic heterocycles. The lowest BCUT2D eigenvalue weighted by molar-refractivity contribution is -0.0136. The average Bonchev–Trinajstić information content (AvgIpc) is 2.60. The minimum atomic E-state index is -0.988. The quantitative estimate of drug-likeness (QED) is 0.479. The molecule has 0 bridgehead atoms. The van der Waals surface area contributed by atoms with Gasteiger partial charge in [0.15, 0.2) is 6.35 Å². The van der Waals surface area contributed by atoms with Gasteiger partial charge in [-0.2, -0.15) is 0 Å². The van der Waals surface area contributed by atoms with Crippen molar-refractivity contribution in [2.24, 2.45) is 5.73 Å². The predicted octanol–water partition coefficient (Wildman–Crippen LogP) is 1.66. The molecule has 0 saturated carbocycles. The van der Waals surface area contributed by atoms with E-state index in [1.807, 2.05) is 30.3 Å². The molecule has 0 aliphatic rings. The first-order valence-electron chi connectivity index (χ1n) is 7.38. The summed E-state index contributed by atoms with van der Waals surface area (Å²) in [7, 11) is 0. The molecule has 24 heavy (non-hydrogen) atoms. The summed E-state index contributed by atoms with van der Waals surface area (Å²) in [5.74, 6) is 4.33. The molecule has 0 aliphatic carbocycles. The van der Waals surface area contributed by atoms with E-state index in [0.717, 1.165) is 5.75 Å². The summed E-state index contributed by atoms with van der Waals surface area (Å²) in [6.45, 7) is 0.0661. The summed E-state index contributed by atoms with van der Waals surface area (Å²) in [6, 6.07) is 16.5. The summed E-state index contributed by atoms with van der Waals surface area (Å²) in [5, 5.41) is 12.4. The van der Waals surface area contributed by atoms with Crippen molar-refractivity contribution in [2.45, 2.75) is 12.6 Å². The highest BCUT2D eigenvalue weighted by Gasteiger charge is 2.10. The van der Waals surface area contributed by atoms with Gasteiger partial charge in [-0.3, -0.25) is 11.1 Å². The molecule has 2 unspecified atom stereocenters. The third-order valence-corrected chi connectivity index (χ3v) is 2.91. The maximum atomic E-state index is 9.76. The summed E-state index contributed by atoms with van der Waals surface area (Å²) in [4.78, 5) is 0. The SMILES string of the molecule is C#CCOC(N)NC(O)COc1ccc(Oc2ccccc2)cc1. The van der Waals surface area contributed by atoms with Crippen LogP contribution in [0.2, 0.25) is 0 Å². The van der Waals surface area contributed by atoms with E-state index in [1.165, 1.54) is 0 Å². The lowest BCUT2D eigenvalue weighted by atomic mass is 10.3. The highest BCUT2D eigenvalue weighted by atomic mass is 16.5. The monoisotopic (exact) mass is 328 g/mol. The molecule has 0 fully saturated rings. The molecule has 0 spiro atoms. The number of ether oxygens (including phenoxy) is 3. The summed E-state index contributed by atoms with van der Waals surface area (Å²) >= 11 is 0. The van der Waals surface area contributed by atoms with Crippen molar-refractivity contribution in [3.05, 3.63) is 54.6 Å². The molecule has 0 saturated heterocycles. The number of hydrogen-bond acceptors (Lipinski definition) is 6. The molecule has 2 rings (SSSR count). The first-order chi connectivity index (χ1) is 11.7. The zero-order valence-corrected chi connectivity index (χ0v) is 13.1. The Morgan fingerprint density at radius 3 is 2.33 bits per heavy atom. The van der Waals surface area contributed by atoms with E-state index >= 15 is 0 Å². The number of aliphatic hydroxyl groups is 1. The van der Waals surface area contributed by atoms with Crippen molar-refractivity contribution in [2.75, 3.05) is 13.2 Å². The molecular formula is C18H20N2O4. The summed E-state index contributed by atoms with van der Waals surface area (Å²) in [5.41, 5.74) is 5.56. The third-order valence-electron chi connectivity index (χ3n) is 2.91. The second-order valence-electron chi connectivity index (χ2n) is 4.82. The molecule has 6 nitrogen and oxygen atoms in total. The second kappa shape index (κ2) is 9.55. The molecule has 2 atom stereocenters. The molecule has 0 aliphatic heterocycles. The van der Waals surface area contributed by atoms with E-state index < -0.39 is 12.6 Å². The van der Waals surface area contributed by atoms with E-state index in [1.54, 1.807) is 24.3 Å². The third kappa shape index (κ3) is 6.28. The highest BCUT2D eigenvalue weighted by molar-refractivity contribution is 5.35. The van der Waals surface area contributed by atoms with Crippen LogP contribution in [0.3, 0.4) is 0 Å². The first kappa shape index (κ1) is 17.8. The molecule has 2 aromatic rings. The Morgan fingerprint density at radius 1 is 1.04 bits per heavy atom. The maximum Gasteiger partial charge on any atom is 0.164 e. The minimum Gasteiger partial charge on any atom is -0.489 e. The van der Waals surface area contributed by atoms with Crippen LogP contribution < -0.4 is 20.5 Å². The molecule has 6 heteroatoms. The normalized spacial score (nSPS) is 12.9. The van der Waals surface area contributed by atoms with E-state index in [2.05, 4.69) is 11.2 Å². The number of nitrogens with one attached hydrogen (secondary N) is 1. The number of rotatable bonds is 9. The average molecular weight is 328 g/mol. The molecule has 0 heterocycles. The minimum absolute atomic E-state index is 0.00596. The Balaban J connectivity index is 1.76. The Hall–Kier alpha value is -2.56. The molecule has 0 radical (unpaired) electrons. The van der Waals surface area contributed by atoms with Crippen molar-refractivity contribution in [3.8, 4) is 29.6 Å². The Kier molecular flexibility index (Phi) is 7.08. The van der Waals surface area contributed by atoms with E-state index in [9.17, 15) is 5.11 Å². The van der Waals surface area contributed by atoms with Gasteiger partial charge in [-0.25, -0.2) is 0 Å². The van der Waals surface area contributed by atoms with Gasteiger partial charge in [-0.05, 0) is 36.4 Å². The van der Waals surface area contributed by atoms with E-state index in [0.29, 0.717) is 11.5 Å². The summed E-state index contributed by atoms with van der Waals surface area (Å²) < 4.78 is 16.1. The van der Waals surface area contributed by atoms with Crippen LogP contribution in [-0.4, -0.2) is 30.9 Å². The number of aliphatic hydroxyl groups excluding tert-OH is 1. The fraction of sp³-hybridized carbons (Fsp3) is 0.222. The molecular weight excluding hydrogens is 308 g/mol. The van der Waals surface area contributed by atoms with Crippen LogP contribution in [0.15, 0.2) is 54.6 Å². The highest BCUT2D eigenvalue weighted by Crippen LogP contribution is 2.23. The smallest absolute Gasteiger partial charge is 0.164 e. The topological polar surface area (TPSA) is 86.0 Å². The van der Waals surface area contributed by atoms with Crippen molar-refractivity contribution in [3.63, 3.8) is 0 Å². The van der Waals surface area contributed by atoms with Gasteiger partial charge in [0.05, 0.1) is 0 Å². The first-order valence-corrected chi connectivity index (χ1v) is 7.38. The van der Waals surface area contributed by atoms with Gasteiger partial charge >= 0.3 is 0 Å². The van der Waals surface area contributed by atoms with Gasteiger partial charge in [-0.15, -0.1) is 6.42 Å². The second-order valence-corrected chi connectivity index (χ2v) is 4.82. The fourth-order valence-electron chi connectivity index (χ4n) is 1.83. The standard InChI is InChI=1S/C18H20N2O4/c1-2-12-22-18(19)20-17(21)13-23-14-8-10-16(11-9-14)24-15-6-4-3-5-7-15/h1,3-11,17-18,20-21H,12-13,19H2. The van der Waals surface area contributed by atoms with Gasteiger partial charge in [0.2, 0.25) is 0 Å². The van der Waals surface area contributed by atoms with Gasteiger partial charge in [0.1, 0.15) is 36.7 Å². The van der Waals surface area contributed by atoms with Gasteiger partial charge in [-0.1, -0.05) is 24.1 Å². The number of nitrogens with two attached hydrogens (primary N) is 1. The van der Waals surface area contributed by atoms with Crippen LogP contribution in [0, 0.1) is 12.3 Å². The van der Waals surface area contributed by atoms with Crippen LogP contribution >= 0.6 is 0 Å². The van der Waals surface area contributed by atoms with Gasteiger partial charge in [0.25, 0.3) is 0 Å². The number of benzene rings is 2. The molecule has 4 N–H and O–H groups in total. The van der Waals surface area contributed by atoms with E-state index in [-0.39, 0.29) is 13.2 Å². The lowest BCUT2D eigenvalue weighted by Crippen LogP contribution is -2.48. The van der Waals surface area contributed by atoms with Crippen LogP contribution in [0.25, 0.3) is 0 Å². The van der Waals surface area contributed by atoms with Gasteiger partial charge < -0.3 is 19.3 Å². The molecule has 126 valence electrons. The Bertz CT molecular complexity index is 640. The molecule has 2 aromatic carbocycles. The zero-order valence-electron chi connectivity index (χ0n) is 13.1. The summed E-state index contributed by atoms with van der Waals surface area (Å²) in [6.07, 6.45) is 3.20. The van der Waals surface area contributed by atoms with Crippen LogP contribution in [0.5, 0.6) is 17.2 Å². The maximum absolute atomic E-state index is 9.76. The largest absolute Gasteiger partial charge is 0.489 e. The van der Waals surface area contributed by atoms with Crippen LogP contribution in [-0.2, 0) is 4.74 Å². The Labute approximate surface area is 141 Å². The van der Waals surface area contributed by atoms with Gasteiger partial charge in [0, 0.05) is 0 Å². The van der Waals surface area contributed by atoms with E-state index in [4.69, 9.17) is 26.4 Å².